The van der Waals surface area contributed by atoms with Gasteiger partial charge < -0.3 is 4.74 Å². The Morgan fingerprint density at radius 1 is 1.12 bits per heavy atom. The monoisotopic (exact) mass is 353 g/mol. The quantitative estimate of drug-likeness (QED) is 0.841. The molecular formula is C20H23N3O3. The van der Waals surface area contributed by atoms with Crippen LogP contribution in [0.3, 0.4) is 0 Å². The van der Waals surface area contributed by atoms with Crippen LogP contribution in [0.5, 0.6) is 0 Å². The first-order valence-corrected chi connectivity index (χ1v) is 8.68. The zero-order valence-corrected chi connectivity index (χ0v) is 15.3. The van der Waals surface area contributed by atoms with Gasteiger partial charge in [-0.3, -0.25) is 9.78 Å². The summed E-state index contributed by atoms with van der Waals surface area (Å²) in [5, 5.41) is 2.84. The van der Waals surface area contributed by atoms with Gasteiger partial charge in [-0.2, -0.15) is 5.01 Å². The summed E-state index contributed by atoms with van der Waals surface area (Å²) in [4.78, 5) is 30.1. The second kappa shape index (κ2) is 7.25. The summed E-state index contributed by atoms with van der Waals surface area (Å²) in [6.07, 6.45) is 3.49. The van der Waals surface area contributed by atoms with E-state index in [0.29, 0.717) is 24.2 Å². The maximum absolute atomic E-state index is 13.3. The smallest absolute Gasteiger partial charge is 0.432 e. The van der Waals surface area contributed by atoms with Gasteiger partial charge >= 0.3 is 6.09 Å². The summed E-state index contributed by atoms with van der Waals surface area (Å²) in [5.74, 6) is -0.403. The Kier molecular flexibility index (Phi) is 5.04. The molecule has 1 fully saturated rings. The standard InChI is InChI=1S/C20H23N3O3/c1-20(2,3)26-19(25)23(22-12-7-13-22)18(24)16-10-11-21-14-17(16)15-8-5-4-6-9-15/h4-6,8-11,14H,7,12-13H2,1-3H3. The fourth-order valence-corrected chi connectivity index (χ4v) is 2.67. The summed E-state index contributed by atoms with van der Waals surface area (Å²) in [6, 6.07) is 11.2. The number of amides is 2. The maximum Gasteiger partial charge on any atom is 0.432 e. The number of nitrogens with zero attached hydrogens (tertiary/aromatic N) is 3. The molecule has 1 aliphatic rings. The van der Waals surface area contributed by atoms with Crippen LogP contribution < -0.4 is 0 Å². The number of hydrogen-bond donors (Lipinski definition) is 0. The molecule has 0 atom stereocenters. The zero-order chi connectivity index (χ0) is 18.7. The number of aromatic nitrogens is 1. The van der Waals surface area contributed by atoms with Gasteiger partial charge in [0.25, 0.3) is 5.91 Å². The molecule has 0 bridgehead atoms. The van der Waals surface area contributed by atoms with Crippen molar-refractivity contribution >= 4 is 12.0 Å². The first kappa shape index (κ1) is 18.1. The molecule has 2 aromatic rings. The molecule has 3 rings (SSSR count). The lowest BCUT2D eigenvalue weighted by atomic mass is 10.0. The number of carbonyl (C=O) groups is 2. The van der Waals surface area contributed by atoms with E-state index in [2.05, 4.69) is 4.98 Å². The van der Waals surface area contributed by atoms with Crippen molar-refractivity contribution in [2.75, 3.05) is 13.1 Å². The van der Waals surface area contributed by atoms with Crippen LogP contribution in [0.25, 0.3) is 11.1 Å². The first-order valence-electron chi connectivity index (χ1n) is 8.68. The van der Waals surface area contributed by atoms with Gasteiger partial charge in [-0.25, -0.2) is 9.80 Å². The molecule has 1 aromatic heterocycles. The molecule has 136 valence electrons. The summed E-state index contributed by atoms with van der Waals surface area (Å²) in [7, 11) is 0. The SMILES string of the molecule is CC(C)(C)OC(=O)N(C(=O)c1ccncc1-c1ccccc1)N1CCC1. The van der Waals surface area contributed by atoms with Crippen LogP contribution in [0, 0.1) is 0 Å². The van der Waals surface area contributed by atoms with Gasteiger partial charge in [-0.05, 0) is 38.8 Å². The highest BCUT2D eigenvalue weighted by molar-refractivity contribution is 6.06. The van der Waals surface area contributed by atoms with E-state index in [0.717, 1.165) is 17.0 Å². The lowest BCUT2D eigenvalue weighted by Gasteiger charge is -2.39. The average molecular weight is 353 g/mol. The van der Waals surface area contributed by atoms with Crippen LogP contribution in [-0.2, 0) is 4.74 Å². The minimum Gasteiger partial charge on any atom is -0.442 e. The van der Waals surface area contributed by atoms with Gasteiger partial charge in [0.1, 0.15) is 5.60 Å². The normalized spacial score (nSPS) is 14.4. The average Bonchev–Trinajstić information content (AvgIpc) is 2.56. The third kappa shape index (κ3) is 3.91. The van der Waals surface area contributed by atoms with Crippen LogP contribution in [0.1, 0.15) is 37.6 Å². The van der Waals surface area contributed by atoms with Crippen LogP contribution >= 0.6 is 0 Å². The Bertz CT molecular complexity index is 795. The Hall–Kier alpha value is -2.73. The van der Waals surface area contributed by atoms with Crippen molar-refractivity contribution in [1.82, 2.24) is 15.0 Å². The predicted molar refractivity (Wildman–Crippen MR) is 98.3 cm³/mol. The molecule has 1 saturated heterocycles. The highest BCUT2D eigenvalue weighted by atomic mass is 16.6. The van der Waals surface area contributed by atoms with Crippen molar-refractivity contribution in [1.29, 1.82) is 0 Å². The molecule has 6 nitrogen and oxygen atoms in total. The summed E-state index contributed by atoms with van der Waals surface area (Å²) < 4.78 is 5.45. The highest BCUT2D eigenvalue weighted by Gasteiger charge is 2.36. The van der Waals surface area contributed by atoms with E-state index in [1.54, 1.807) is 44.2 Å². The van der Waals surface area contributed by atoms with Gasteiger partial charge in [-0.1, -0.05) is 30.3 Å². The lowest BCUT2D eigenvalue weighted by molar-refractivity contribution is -0.0608. The molecule has 0 radical (unpaired) electrons. The van der Waals surface area contributed by atoms with Gasteiger partial charge in [-0.15, -0.1) is 0 Å². The molecule has 2 heterocycles. The van der Waals surface area contributed by atoms with E-state index in [-0.39, 0.29) is 0 Å². The van der Waals surface area contributed by atoms with Crippen molar-refractivity contribution < 1.29 is 14.3 Å². The molecule has 0 N–H and O–H groups in total. The number of rotatable bonds is 3. The van der Waals surface area contributed by atoms with Crippen LogP contribution in [0.15, 0.2) is 48.8 Å². The van der Waals surface area contributed by atoms with E-state index < -0.39 is 17.6 Å². The molecule has 1 aliphatic heterocycles. The second-order valence-electron chi connectivity index (χ2n) is 7.19. The molecule has 0 unspecified atom stereocenters. The van der Waals surface area contributed by atoms with Crippen molar-refractivity contribution in [2.24, 2.45) is 0 Å². The Morgan fingerprint density at radius 2 is 1.81 bits per heavy atom. The highest BCUT2D eigenvalue weighted by Crippen LogP contribution is 2.26. The Balaban J connectivity index is 1.97. The van der Waals surface area contributed by atoms with Gasteiger partial charge in [0.05, 0.1) is 5.56 Å². The number of imide groups is 1. The minimum absolute atomic E-state index is 0.403. The summed E-state index contributed by atoms with van der Waals surface area (Å²) in [5.41, 5.74) is 1.30. The number of pyridine rings is 1. The Labute approximate surface area is 153 Å². The molecular weight excluding hydrogens is 330 g/mol. The van der Waals surface area contributed by atoms with E-state index in [1.165, 1.54) is 0 Å². The largest absolute Gasteiger partial charge is 0.442 e. The number of hydrogen-bond acceptors (Lipinski definition) is 5. The lowest BCUT2D eigenvalue weighted by Crippen LogP contribution is -2.57. The van der Waals surface area contributed by atoms with Crippen molar-refractivity contribution in [3.63, 3.8) is 0 Å². The number of benzene rings is 1. The maximum atomic E-state index is 13.3. The zero-order valence-electron chi connectivity index (χ0n) is 15.3. The number of carbonyl (C=O) groups excluding carboxylic acids is 2. The summed E-state index contributed by atoms with van der Waals surface area (Å²) >= 11 is 0. The van der Waals surface area contributed by atoms with Crippen LogP contribution in [0.4, 0.5) is 4.79 Å². The minimum atomic E-state index is -0.680. The number of ether oxygens (including phenoxy) is 1. The van der Waals surface area contributed by atoms with Crippen molar-refractivity contribution in [3.05, 3.63) is 54.4 Å². The predicted octanol–water partition coefficient (Wildman–Crippen LogP) is 3.75. The van der Waals surface area contributed by atoms with Crippen LogP contribution in [-0.4, -0.2) is 45.7 Å². The molecule has 6 heteroatoms. The third-order valence-corrected chi connectivity index (χ3v) is 4.01. The van der Waals surface area contributed by atoms with E-state index in [9.17, 15) is 9.59 Å². The van der Waals surface area contributed by atoms with E-state index in [4.69, 9.17) is 4.74 Å². The fraction of sp³-hybridized carbons (Fsp3) is 0.350. The first-order chi connectivity index (χ1) is 12.4. The fourth-order valence-electron chi connectivity index (χ4n) is 2.67. The van der Waals surface area contributed by atoms with E-state index >= 15 is 0 Å². The second-order valence-corrected chi connectivity index (χ2v) is 7.19. The topological polar surface area (TPSA) is 62.7 Å². The van der Waals surface area contributed by atoms with Crippen LogP contribution in [0.2, 0.25) is 0 Å². The molecule has 1 aromatic carbocycles. The molecule has 0 spiro atoms. The van der Waals surface area contributed by atoms with E-state index in [1.807, 2.05) is 30.3 Å². The molecule has 2 amide bonds. The van der Waals surface area contributed by atoms with Gasteiger partial charge in [0, 0.05) is 31.0 Å². The summed E-state index contributed by atoms with van der Waals surface area (Å²) in [6.45, 7) is 6.65. The van der Waals surface area contributed by atoms with Gasteiger partial charge in [0.15, 0.2) is 0 Å². The number of hydrazine groups is 1. The Morgan fingerprint density at radius 3 is 2.38 bits per heavy atom. The van der Waals surface area contributed by atoms with Crippen molar-refractivity contribution in [2.45, 2.75) is 32.8 Å². The van der Waals surface area contributed by atoms with Crippen molar-refractivity contribution in [3.8, 4) is 11.1 Å². The molecule has 26 heavy (non-hydrogen) atoms. The molecule has 0 aliphatic carbocycles. The van der Waals surface area contributed by atoms with Gasteiger partial charge in [0.2, 0.25) is 0 Å². The molecule has 0 saturated carbocycles. The third-order valence-electron chi connectivity index (χ3n) is 4.01.